The fourth-order valence-corrected chi connectivity index (χ4v) is 1.72. The maximum Gasteiger partial charge on any atom is 0.233 e. The summed E-state index contributed by atoms with van der Waals surface area (Å²) in [5.74, 6) is -4.41. The molecule has 1 aliphatic rings. The van der Waals surface area contributed by atoms with Gasteiger partial charge in [-0.1, -0.05) is 0 Å². The first kappa shape index (κ1) is 10.4. The highest BCUT2D eigenvalue weighted by molar-refractivity contribution is 6.52. The Labute approximate surface area is 90.3 Å². The molecular weight excluding hydrogens is 212 g/mol. The molecule has 0 saturated carbocycles. The summed E-state index contributed by atoms with van der Waals surface area (Å²) < 4.78 is 0. The third kappa shape index (κ3) is 1.14. The Morgan fingerprint density at radius 1 is 0.938 bits per heavy atom. The van der Waals surface area contributed by atoms with Gasteiger partial charge in [-0.05, 0) is 19.1 Å². The molecule has 0 aliphatic heterocycles. The SMILES string of the molecule is CC1C(=O)C(=O)c2c(O)ccc(O)c2C1=O. The van der Waals surface area contributed by atoms with E-state index in [0.717, 1.165) is 12.1 Å². The van der Waals surface area contributed by atoms with Crippen LogP contribution in [0.15, 0.2) is 12.1 Å². The number of fused-ring (bicyclic) bond motifs is 1. The van der Waals surface area contributed by atoms with Crippen molar-refractivity contribution in [3.63, 3.8) is 0 Å². The summed E-state index contributed by atoms with van der Waals surface area (Å²) in [6.45, 7) is 1.30. The largest absolute Gasteiger partial charge is 0.507 e. The van der Waals surface area contributed by atoms with E-state index < -0.39 is 40.3 Å². The van der Waals surface area contributed by atoms with E-state index in [1.807, 2.05) is 0 Å². The lowest BCUT2D eigenvalue weighted by atomic mass is 9.81. The lowest BCUT2D eigenvalue weighted by molar-refractivity contribution is -0.117. The van der Waals surface area contributed by atoms with Gasteiger partial charge in [0.2, 0.25) is 11.6 Å². The Hall–Kier alpha value is -2.17. The maximum absolute atomic E-state index is 11.7. The maximum atomic E-state index is 11.7. The molecule has 2 rings (SSSR count). The predicted octanol–water partition coefficient (Wildman–Crippen LogP) is 0.682. The first-order valence-corrected chi connectivity index (χ1v) is 4.62. The van der Waals surface area contributed by atoms with Gasteiger partial charge in [-0.25, -0.2) is 0 Å². The molecule has 0 spiro atoms. The smallest absolute Gasteiger partial charge is 0.233 e. The molecule has 0 heterocycles. The van der Waals surface area contributed by atoms with Crippen LogP contribution in [0.5, 0.6) is 11.5 Å². The number of carbonyl (C=O) groups is 3. The highest BCUT2D eigenvalue weighted by atomic mass is 16.3. The molecule has 1 atom stereocenters. The van der Waals surface area contributed by atoms with Gasteiger partial charge in [-0.3, -0.25) is 14.4 Å². The zero-order chi connectivity index (χ0) is 12.0. The van der Waals surface area contributed by atoms with E-state index in [-0.39, 0.29) is 5.56 Å². The van der Waals surface area contributed by atoms with Gasteiger partial charge in [-0.2, -0.15) is 0 Å². The third-order valence-electron chi connectivity index (χ3n) is 2.65. The molecule has 0 radical (unpaired) electrons. The normalized spacial score (nSPS) is 19.8. The van der Waals surface area contributed by atoms with Crippen LogP contribution in [0, 0.1) is 5.92 Å². The average Bonchev–Trinajstić information content (AvgIpc) is 2.26. The van der Waals surface area contributed by atoms with Crippen LogP contribution >= 0.6 is 0 Å². The van der Waals surface area contributed by atoms with E-state index >= 15 is 0 Å². The monoisotopic (exact) mass is 220 g/mol. The molecule has 0 fully saturated rings. The summed E-state index contributed by atoms with van der Waals surface area (Å²) in [7, 11) is 0. The standard InChI is InChI=1S/C11H8O5/c1-4-9(14)7-5(12)2-3-6(13)8(7)11(16)10(4)15/h2-4,12-13H,1H3. The number of hydrogen-bond donors (Lipinski definition) is 2. The summed E-state index contributed by atoms with van der Waals surface area (Å²) in [6.07, 6.45) is 0. The molecule has 5 heteroatoms. The second-order valence-corrected chi connectivity index (χ2v) is 3.63. The topological polar surface area (TPSA) is 91.7 Å². The Kier molecular flexibility index (Phi) is 2.05. The summed E-state index contributed by atoms with van der Waals surface area (Å²) in [5, 5.41) is 18.9. The summed E-state index contributed by atoms with van der Waals surface area (Å²) in [5.41, 5.74) is -0.662. The fraction of sp³-hybridized carbons (Fsp3) is 0.182. The fourth-order valence-electron chi connectivity index (χ4n) is 1.72. The molecular formula is C11H8O5. The van der Waals surface area contributed by atoms with Gasteiger partial charge in [-0.15, -0.1) is 0 Å². The number of phenols is 2. The molecule has 5 nitrogen and oxygen atoms in total. The van der Waals surface area contributed by atoms with Crippen molar-refractivity contribution in [2.75, 3.05) is 0 Å². The molecule has 1 unspecified atom stereocenters. The van der Waals surface area contributed by atoms with E-state index in [0.29, 0.717) is 0 Å². The lowest BCUT2D eigenvalue weighted by Crippen LogP contribution is -2.35. The molecule has 82 valence electrons. The Bertz CT molecular complexity index is 529. The molecule has 16 heavy (non-hydrogen) atoms. The molecule has 0 saturated heterocycles. The molecule has 0 aromatic heterocycles. The van der Waals surface area contributed by atoms with Crippen molar-refractivity contribution in [3.05, 3.63) is 23.3 Å². The van der Waals surface area contributed by atoms with Crippen LogP contribution in [0.25, 0.3) is 0 Å². The number of hydrogen-bond acceptors (Lipinski definition) is 5. The summed E-state index contributed by atoms with van der Waals surface area (Å²) in [6, 6.07) is 2.18. The average molecular weight is 220 g/mol. The van der Waals surface area contributed by atoms with Gasteiger partial charge >= 0.3 is 0 Å². The van der Waals surface area contributed by atoms with Crippen molar-refractivity contribution in [2.24, 2.45) is 5.92 Å². The zero-order valence-corrected chi connectivity index (χ0v) is 8.35. The number of phenolic OH excluding ortho intramolecular Hbond substituents is 2. The lowest BCUT2D eigenvalue weighted by Gasteiger charge is -2.19. The van der Waals surface area contributed by atoms with E-state index in [2.05, 4.69) is 0 Å². The van der Waals surface area contributed by atoms with Crippen molar-refractivity contribution < 1.29 is 24.6 Å². The highest BCUT2D eigenvalue weighted by Gasteiger charge is 2.40. The predicted molar refractivity (Wildman–Crippen MR) is 52.6 cm³/mol. The summed E-state index contributed by atoms with van der Waals surface area (Å²) in [4.78, 5) is 34.7. The number of Topliss-reactive ketones (excluding diaryl/α,β-unsaturated/α-hetero) is 3. The molecule has 2 N–H and O–H groups in total. The first-order valence-electron chi connectivity index (χ1n) is 4.62. The van der Waals surface area contributed by atoms with Crippen molar-refractivity contribution in [1.82, 2.24) is 0 Å². The molecule has 0 amide bonds. The van der Waals surface area contributed by atoms with Gasteiger partial charge in [0, 0.05) is 0 Å². The van der Waals surface area contributed by atoms with Crippen molar-refractivity contribution in [1.29, 1.82) is 0 Å². The second-order valence-electron chi connectivity index (χ2n) is 3.63. The Balaban J connectivity index is 2.82. The van der Waals surface area contributed by atoms with Crippen LogP contribution in [0.2, 0.25) is 0 Å². The van der Waals surface area contributed by atoms with E-state index in [1.54, 1.807) is 0 Å². The number of benzene rings is 1. The summed E-state index contributed by atoms with van der Waals surface area (Å²) >= 11 is 0. The van der Waals surface area contributed by atoms with E-state index in [9.17, 15) is 24.6 Å². The van der Waals surface area contributed by atoms with Crippen LogP contribution < -0.4 is 0 Å². The number of carbonyl (C=O) groups excluding carboxylic acids is 3. The van der Waals surface area contributed by atoms with Gasteiger partial charge in [0.1, 0.15) is 11.5 Å². The Morgan fingerprint density at radius 3 is 2.00 bits per heavy atom. The van der Waals surface area contributed by atoms with Crippen molar-refractivity contribution >= 4 is 17.3 Å². The van der Waals surface area contributed by atoms with E-state index in [4.69, 9.17) is 0 Å². The quantitative estimate of drug-likeness (QED) is 0.381. The minimum Gasteiger partial charge on any atom is -0.507 e. The van der Waals surface area contributed by atoms with Crippen LogP contribution in [0.3, 0.4) is 0 Å². The number of aromatic hydroxyl groups is 2. The molecule has 1 aliphatic carbocycles. The van der Waals surface area contributed by atoms with Crippen molar-refractivity contribution in [2.45, 2.75) is 6.92 Å². The minimum atomic E-state index is -1.10. The van der Waals surface area contributed by atoms with Gasteiger partial charge in [0.25, 0.3) is 0 Å². The molecule has 1 aromatic rings. The molecule has 0 bridgehead atoms. The van der Waals surface area contributed by atoms with Crippen LogP contribution in [-0.4, -0.2) is 27.6 Å². The number of rotatable bonds is 0. The second kappa shape index (κ2) is 3.16. The van der Waals surface area contributed by atoms with Crippen molar-refractivity contribution in [3.8, 4) is 11.5 Å². The Morgan fingerprint density at radius 2 is 1.44 bits per heavy atom. The molecule has 1 aromatic carbocycles. The van der Waals surface area contributed by atoms with Gasteiger partial charge in [0.15, 0.2) is 5.78 Å². The van der Waals surface area contributed by atoms with Gasteiger partial charge in [0.05, 0.1) is 17.0 Å². The van der Waals surface area contributed by atoms with Gasteiger partial charge < -0.3 is 10.2 Å². The minimum absolute atomic E-state index is 0.267. The van der Waals surface area contributed by atoms with E-state index in [1.165, 1.54) is 6.92 Å². The highest BCUT2D eigenvalue weighted by Crippen LogP contribution is 2.35. The van der Waals surface area contributed by atoms with Crippen LogP contribution in [0.4, 0.5) is 0 Å². The zero-order valence-electron chi connectivity index (χ0n) is 8.35. The van der Waals surface area contributed by atoms with Crippen LogP contribution in [0.1, 0.15) is 27.6 Å². The first-order chi connectivity index (χ1) is 7.45. The third-order valence-corrected chi connectivity index (χ3v) is 2.65. The number of ketones is 3. The van der Waals surface area contributed by atoms with Crippen LogP contribution in [-0.2, 0) is 4.79 Å².